The molecule has 0 fully saturated rings. The van der Waals surface area contributed by atoms with Crippen LogP contribution < -0.4 is 10.0 Å². The van der Waals surface area contributed by atoms with Gasteiger partial charge in [0.05, 0.1) is 4.90 Å². The number of rotatable bonds is 7. The molecule has 2 aromatic carbocycles. The van der Waals surface area contributed by atoms with Crippen molar-refractivity contribution in [2.75, 3.05) is 17.9 Å². The van der Waals surface area contributed by atoms with Crippen LogP contribution in [0.25, 0.3) is 0 Å². The summed E-state index contributed by atoms with van der Waals surface area (Å²) >= 11 is 5.76. The summed E-state index contributed by atoms with van der Waals surface area (Å²) in [7, 11) is -3.75. The third kappa shape index (κ3) is 4.95. The lowest BCUT2D eigenvalue weighted by atomic mass is 10.2. The predicted molar refractivity (Wildman–Crippen MR) is 92.7 cm³/mol. The first-order valence-corrected chi connectivity index (χ1v) is 9.06. The van der Waals surface area contributed by atoms with Crippen LogP contribution in [0.15, 0.2) is 53.4 Å². The first kappa shape index (κ1) is 18.3. The number of halogens is 1. The highest BCUT2D eigenvalue weighted by atomic mass is 35.5. The molecule has 0 bridgehead atoms. The second-order valence-corrected chi connectivity index (χ2v) is 7.09. The highest BCUT2D eigenvalue weighted by Crippen LogP contribution is 2.18. The molecule has 8 heteroatoms. The molecule has 0 atom stereocenters. The third-order valence-electron chi connectivity index (χ3n) is 3.14. The van der Waals surface area contributed by atoms with E-state index in [1.165, 1.54) is 24.3 Å². The Morgan fingerprint density at radius 2 is 1.67 bits per heavy atom. The Balaban J connectivity index is 2.08. The number of anilines is 1. The average Bonchev–Trinajstić information content (AvgIpc) is 2.57. The number of nitrogens with one attached hydrogen (secondary N) is 2. The molecule has 1 amide bonds. The number of amides is 1. The van der Waals surface area contributed by atoms with Crippen molar-refractivity contribution >= 4 is 33.2 Å². The summed E-state index contributed by atoms with van der Waals surface area (Å²) in [5, 5.41) is 11.8. The summed E-state index contributed by atoms with van der Waals surface area (Å²) in [6.07, 6.45) is 0.462. The van der Waals surface area contributed by atoms with Gasteiger partial charge in [0.15, 0.2) is 0 Å². The number of benzene rings is 2. The first-order chi connectivity index (χ1) is 11.4. The standard InChI is InChI=1S/C16H17ClN2O4S/c17-13-4-6-14(7-5-13)19-24(22,23)15-8-2-12(3-9-15)16(21)18-10-1-11-20/h2-9,19-20H,1,10-11H2,(H,18,21). The summed E-state index contributed by atoms with van der Waals surface area (Å²) in [4.78, 5) is 11.9. The Kier molecular flexibility index (Phi) is 6.19. The summed E-state index contributed by atoms with van der Waals surface area (Å²) in [5.41, 5.74) is 0.739. The van der Waals surface area contributed by atoms with Gasteiger partial charge in [0.1, 0.15) is 0 Å². The minimum Gasteiger partial charge on any atom is -0.396 e. The van der Waals surface area contributed by atoms with Crippen LogP contribution in [0, 0.1) is 0 Å². The quantitative estimate of drug-likeness (QED) is 0.653. The fraction of sp³-hybridized carbons (Fsp3) is 0.188. The molecule has 3 N–H and O–H groups in total. The number of aliphatic hydroxyl groups is 1. The normalized spacial score (nSPS) is 11.1. The number of hydrogen-bond acceptors (Lipinski definition) is 4. The molecule has 24 heavy (non-hydrogen) atoms. The molecule has 0 spiro atoms. The Hall–Kier alpha value is -2.09. The van der Waals surface area contributed by atoms with Crippen LogP contribution in [0.3, 0.4) is 0 Å². The Labute approximate surface area is 145 Å². The lowest BCUT2D eigenvalue weighted by molar-refractivity contribution is 0.0951. The lowest BCUT2D eigenvalue weighted by Gasteiger charge is -2.09. The summed E-state index contributed by atoms with van der Waals surface area (Å²) in [6.45, 7) is 0.349. The van der Waals surface area contributed by atoms with Crippen LogP contribution in [0.1, 0.15) is 16.8 Å². The predicted octanol–water partition coefficient (Wildman–Crippen LogP) is 2.25. The Bertz CT molecular complexity index is 790. The molecule has 0 saturated heterocycles. The van der Waals surface area contributed by atoms with Crippen molar-refractivity contribution < 1.29 is 18.3 Å². The lowest BCUT2D eigenvalue weighted by Crippen LogP contribution is -2.25. The maximum atomic E-state index is 12.3. The maximum absolute atomic E-state index is 12.3. The molecular weight excluding hydrogens is 352 g/mol. The van der Waals surface area contributed by atoms with Gasteiger partial charge < -0.3 is 10.4 Å². The molecule has 0 aromatic heterocycles. The van der Waals surface area contributed by atoms with Crippen molar-refractivity contribution in [1.82, 2.24) is 5.32 Å². The van der Waals surface area contributed by atoms with E-state index in [-0.39, 0.29) is 17.4 Å². The highest BCUT2D eigenvalue weighted by molar-refractivity contribution is 7.92. The van der Waals surface area contributed by atoms with E-state index in [1.807, 2.05) is 0 Å². The Morgan fingerprint density at radius 3 is 2.25 bits per heavy atom. The molecule has 2 rings (SSSR count). The van der Waals surface area contributed by atoms with Gasteiger partial charge in [-0.15, -0.1) is 0 Å². The van der Waals surface area contributed by atoms with Gasteiger partial charge in [-0.05, 0) is 55.0 Å². The zero-order valence-corrected chi connectivity index (χ0v) is 14.3. The van der Waals surface area contributed by atoms with E-state index >= 15 is 0 Å². The van der Waals surface area contributed by atoms with Crippen molar-refractivity contribution in [3.05, 3.63) is 59.1 Å². The van der Waals surface area contributed by atoms with Crippen LogP contribution in [-0.2, 0) is 10.0 Å². The number of hydrogen-bond donors (Lipinski definition) is 3. The van der Waals surface area contributed by atoms with Crippen LogP contribution >= 0.6 is 11.6 Å². The van der Waals surface area contributed by atoms with Crippen molar-refractivity contribution in [3.8, 4) is 0 Å². The van der Waals surface area contributed by atoms with Gasteiger partial charge in [-0.3, -0.25) is 9.52 Å². The minimum atomic E-state index is -3.75. The van der Waals surface area contributed by atoms with Crippen molar-refractivity contribution in [2.45, 2.75) is 11.3 Å². The topological polar surface area (TPSA) is 95.5 Å². The van der Waals surface area contributed by atoms with Gasteiger partial charge in [-0.2, -0.15) is 0 Å². The smallest absolute Gasteiger partial charge is 0.261 e. The summed E-state index contributed by atoms with van der Waals surface area (Å²) in [5.74, 6) is -0.321. The molecule has 6 nitrogen and oxygen atoms in total. The number of carbonyl (C=O) groups excluding carboxylic acids is 1. The highest BCUT2D eigenvalue weighted by Gasteiger charge is 2.15. The van der Waals surface area contributed by atoms with E-state index in [2.05, 4.69) is 10.0 Å². The van der Waals surface area contributed by atoms with E-state index in [1.54, 1.807) is 24.3 Å². The zero-order valence-electron chi connectivity index (χ0n) is 12.7. The van der Waals surface area contributed by atoms with E-state index in [4.69, 9.17) is 16.7 Å². The van der Waals surface area contributed by atoms with Gasteiger partial charge in [-0.1, -0.05) is 11.6 Å². The van der Waals surface area contributed by atoms with Gasteiger partial charge in [0, 0.05) is 29.4 Å². The summed E-state index contributed by atoms with van der Waals surface area (Å²) in [6, 6.07) is 11.9. The van der Waals surface area contributed by atoms with Crippen molar-refractivity contribution in [1.29, 1.82) is 0 Å². The fourth-order valence-electron chi connectivity index (χ4n) is 1.90. The van der Waals surface area contributed by atoms with Gasteiger partial charge in [-0.25, -0.2) is 8.42 Å². The fourth-order valence-corrected chi connectivity index (χ4v) is 3.09. The number of aliphatic hydroxyl groups excluding tert-OH is 1. The van der Waals surface area contributed by atoms with Crippen LogP contribution in [0.4, 0.5) is 5.69 Å². The third-order valence-corrected chi connectivity index (χ3v) is 4.79. The van der Waals surface area contributed by atoms with Crippen molar-refractivity contribution in [3.63, 3.8) is 0 Å². The molecule has 128 valence electrons. The maximum Gasteiger partial charge on any atom is 0.261 e. The molecule has 2 aromatic rings. The Morgan fingerprint density at radius 1 is 1.04 bits per heavy atom. The SMILES string of the molecule is O=C(NCCCO)c1ccc(S(=O)(=O)Nc2ccc(Cl)cc2)cc1. The second kappa shape index (κ2) is 8.14. The minimum absolute atomic E-state index is 0.00612. The van der Waals surface area contributed by atoms with Crippen LogP contribution in [0.2, 0.25) is 5.02 Å². The van der Waals surface area contributed by atoms with E-state index in [9.17, 15) is 13.2 Å². The van der Waals surface area contributed by atoms with E-state index in [0.29, 0.717) is 29.2 Å². The molecule has 0 aliphatic carbocycles. The monoisotopic (exact) mass is 368 g/mol. The molecule has 0 saturated carbocycles. The molecule has 0 aliphatic heterocycles. The van der Waals surface area contributed by atoms with E-state index < -0.39 is 10.0 Å². The summed E-state index contributed by atoms with van der Waals surface area (Å²) < 4.78 is 27.0. The molecular formula is C16H17ClN2O4S. The zero-order chi connectivity index (χ0) is 17.6. The number of carbonyl (C=O) groups is 1. The van der Waals surface area contributed by atoms with E-state index in [0.717, 1.165) is 0 Å². The van der Waals surface area contributed by atoms with Crippen LogP contribution in [0.5, 0.6) is 0 Å². The first-order valence-electron chi connectivity index (χ1n) is 7.20. The molecule has 0 radical (unpaired) electrons. The van der Waals surface area contributed by atoms with Gasteiger partial charge in [0.2, 0.25) is 0 Å². The largest absolute Gasteiger partial charge is 0.396 e. The molecule has 0 aliphatic rings. The second-order valence-electron chi connectivity index (χ2n) is 4.97. The van der Waals surface area contributed by atoms with Gasteiger partial charge >= 0.3 is 0 Å². The number of sulfonamides is 1. The van der Waals surface area contributed by atoms with Gasteiger partial charge in [0.25, 0.3) is 15.9 Å². The molecule has 0 heterocycles. The average molecular weight is 369 g/mol. The molecule has 0 unspecified atom stereocenters. The van der Waals surface area contributed by atoms with Crippen molar-refractivity contribution in [2.24, 2.45) is 0 Å². The van der Waals surface area contributed by atoms with Crippen LogP contribution in [-0.4, -0.2) is 32.6 Å².